The van der Waals surface area contributed by atoms with E-state index in [0.29, 0.717) is 5.56 Å². The lowest BCUT2D eigenvalue weighted by atomic mass is 10.2. The molecular weight excluding hydrogens is 285 g/mol. The van der Waals surface area contributed by atoms with Gasteiger partial charge in [-0.15, -0.1) is 0 Å². The molecule has 14 heavy (non-hydrogen) atoms. The molecule has 0 heterocycles. The molecule has 0 aliphatic rings. The van der Waals surface area contributed by atoms with E-state index in [1.165, 1.54) is 0 Å². The van der Waals surface area contributed by atoms with Gasteiger partial charge in [0.1, 0.15) is 0 Å². The second-order valence-corrected chi connectivity index (χ2v) is 15.0. The zero-order valence-electron chi connectivity index (χ0n) is 6.83. The molecule has 0 unspecified atom stereocenters. The molecule has 0 atom stereocenters. The molecule has 0 saturated heterocycles. The number of hydrogen-bond acceptors (Lipinski definition) is 1. The number of aromatic carboxylic acids is 1. The Morgan fingerprint density at radius 3 is 1.64 bits per heavy atom. The Bertz CT molecular complexity index is 279. The highest BCUT2D eigenvalue weighted by molar-refractivity contribution is 7.81. The summed E-state index contributed by atoms with van der Waals surface area (Å²) in [5.74, 6) is -0.879. The molecule has 1 rings (SSSR count). The number of hydrogen-bond donors (Lipinski definition) is 1. The zero-order chi connectivity index (χ0) is 11.2. The Kier molecular flexibility index (Phi) is 6.98. The normalized spacial score (nSPS) is 10.0. The highest BCUT2D eigenvalue weighted by Crippen LogP contribution is 2.23. The first-order valence-corrected chi connectivity index (χ1v) is 10.4. The van der Waals surface area contributed by atoms with Crippen LogP contribution < -0.4 is 0 Å². The minimum absolute atomic E-state index is 0.331. The van der Waals surface area contributed by atoms with Crippen LogP contribution >= 0.6 is 40.2 Å². The van der Waals surface area contributed by atoms with Gasteiger partial charge in [0, 0.05) is 0 Å². The van der Waals surface area contributed by atoms with E-state index in [4.69, 9.17) is 45.3 Å². The monoisotopic (exact) mass is 289 g/mol. The largest absolute Gasteiger partial charge is 0.564 e. The molecule has 0 aliphatic carbocycles. The first-order chi connectivity index (χ1) is 6.30. The molecule has 1 aromatic carbocycles. The van der Waals surface area contributed by atoms with Crippen molar-refractivity contribution in [2.45, 2.75) is 0 Å². The van der Waals surface area contributed by atoms with Gasteiger partial charge in [0.15, 0.2) is 0 Å². The van der Waals surface area contributed by atoms with Crippen LogP contribution in [-0.4, -0.2) is 20.5 Å². The van der Waals surface area contributed by atoms with Crippen molar-refractivity contribution in [3.63, 3.8) is 0 Å². The van der Waals surface area contributed by atoms with Crippen molar-refractivity contribution < 1.29 is 9.90 Å². The van der Waals surface area contributed by atoms with E-state index in [1.807, 2.05) is 0 Å². The maximum atomic E-state index is 10.2. The molecule has 0 saturated carbocycles. The summed E-state index contributed by atoms with van der Waals surface area (Å²) < 4.78 is 0. The number of rotatable bonds is 1. The highest BCUT2D eigenvalue weighted by atomic mass is 35.9. The van der Waals surface area contributed by atoms with Crippen LogP contribution in [0.3, 0.4) is 0 Å². The van der Waals surface area contributed by atoms with Gasteiger partial charge in [-0.1, -0.05) is 18.2 Å². The lowest BCUT2D eigenvalue weighted by Gasteiger charge is -1.97. The first-order valence-electron chi connectivity index (χ1n) is 3.46. The third-order valence-corrected chi connectivity index (χ3v) is 1.02. The van der Waals surface area contributed by atoms with Crippen LogP contribution in [0.15, 0.2) is 30.3 Å². The number of carboxylic acids is 1. The summed E-state index contributed by atoms with van der Waals surface area (Å²) in [7, 11) is 17.0. The molecule has 7 heteroatoms. The molecule has 0 radical (unpaired) electrons. The third kappa shape index (κ3) is 10.5. The van der Waals surface area contributed by atoms with E-state index in [1.54, 1.807) is 30.3 Å². The summed E-state index contributed by atoms with van der Waals surface area (Å²) in [5.41, 5.74) is 0.331. The number of carbonyl (C=O) groups is 1. The van der Waals surface area contributed by atoms with Crippen molar-refractivity contribution in [3.05, 3.63) is 35.9 Å². The molecule has 1 aromatic rings. The van der Waals surface area contributed by atoms with E-state index in [-0.39, 0.29) is 0 Å². The molecule has 78 valence electrons. The average Bonchev–Trinajstić information content (AvgIpc) is 2.03. The lowest BCUT2D eigenvalue weighted by Crippen LogP contribution is -1.93. The second-order valence-electron chi connectivity index (χ2n) is 2.17. The lowest BCUT2D eigenvalue weighted by molar-refractivity contribution is 0.0697. The molecule has 2 nitrogen and oxygen atoms in total. The van der Waals surface area contributed by atoms with Crippen molar-refractivity contribution >= 4 is 55.6 Å². The zero-order valence-corrected chi connectivity index (χ0v) is 11.0. The van der Waals surface area contributed by atoms with Gasteiger partial charge >= 0.3 is 15.4 Å². The summed E-state index contributed by atoms with van der Waals surface area (Å²) in [4.78, 5) is 10.2. The standard InChI is InChI=1S/C7H6O2.Al.4ClH/c8-7(9)6-4-2-1-3-5-6;;;;;/h1-5H,(H,8,9);;4*1H/q;+3;;;;/p-4. The van der Waals surface area contributed by atoms with Gasteiger partial charge in [-0.25, -0.2) is 4.79 Å². The smallest absolute Gasteiger partial charge is 0.478 e. The summed E-state index contributed by atoms with van der Waals surface area (Å²) in [5, 5.41) is 8.38. The molecule has 0 amide bonds. The van der Waals surface area contributed by atoms with E-state index < -0.39 is 15.4 Å². The minimum atomic E-state index is -2.94. The van der Waals surface area contributed by atoms with E-state index in [2.05, 4.69) is 0 Å². The summed E-state index contributed by atoms with van der Waals surface area (Å²) in [6.45, 7) is 0. The summed E-state index contributed by atoms with van der Waals surface area (Å²) >= 11 is 0. The minimum Gasteiger partial charge on any atom is -0.478 e. The molecular formula is C7H6AlCl4O2-. The quantitative estimate of drug-likeness (QED) is 0.800. The van der Waals surface area contributed by atoms with Crippen LogP contribution in [0.1, 0.15) is 10.4 Å². The van der Waals surface area contributed by atoms with Gasteiger partial charge in [0.2, 0.25) is 0 Å². The van der Waals surface area contributed by atoms with Crippen molar-refractivity contribution in [2.75, 3.05) is 0 Å². The fraction of sp³-hybridized carbons (Fsp3) is 0. The average molecular weight is 291 g/mol. The van der Waals surface area contributed by atoms with Crippen LogP contribution in [0.25, 0.3) is 0 Å². The van der Waals surface area contributed by atoms with E-state index in [0.717, 1.165) is 0 Å². The Balaban J connectivity index is 0.000000292. The number of halogens is 4. The Morgan fingerprint density at radius 1 is 1.07 bits per heavy atom. The topological polar surface area (TPSA) is 37.3 Å². The highest BCUT2D eigenvalue weighted by Gasteiger charge is 2.14. The van der Waals surface area contributed by atoms with Gasteiger partial charge in [-0.2, -0.15) is 0 Å². The predicted octanol–water partition coefficient (Wildman–Crippen LogP) is 3.76. The molecule has 1 N–H and O–H groups in total. The maximum Gasteiger partial charge on any atom is 0.564 e. The van der Waals surface area contributed by atoms with Crippen LogP contribution in [0, 0.1) is 0 Å². The molecule has 0 fully saturated rings. The molecule has 0 aliphatic heterocycles. The van der Waals surface area contributed by atoms with Crippen LogP contribution in [0.5, 0.6) is 0 Å². The fourth-order valence-electron chi connectivity index (χ4n) is 0.581. The van der Waals surface area contributed by atoms with Crippen molar-refractivity contribution in [3.8, 4) is 0 Å². The van der Waals surface area contributed by atoms with Gasteiger partial charge in [-0.3, -0.25) is 0 Å². The van der Waals surface area contributed by atoms with Gasteiger partial charge in [0.25, 0.3) is 0 Å². The molecule has 0 bridgehead atoms. The van der Waals surface area contributed by atoms with Gasteiger partial charge < -0.3 is 45.3 Å². The SMILES string of the molecule is O=C(O)c1ccccc1.[Cl][Al-]([Cl])([Cl])[Cl]. The van der Waals surface area contributed by atoms with Crippen molar-refractivity contribution in [1.82, 2.24) is 0 Å². The van der Waals surface area contributed by atoms with Gasteiger partial charge in [-0.05, 0) is 12.1 Å². The van der Waals surface area contributed by atoms with E-state index >= 15 is 0 Å². The maximum absolute atomic E-state index is 10.2. The van der Waals surface area contributed by atoms with Crippen LogP contribution in [-0.2, 0) is 0 Å². The molecule has 0 aromatic heterocycles. The third-order valence-electron chi connectivity index (χ3n) is 1.02. The number of benzene rings is 1. The fourth-order valence-corrected chi connectivity index (χ4v) is 0.581. The van der Waals surface area contributed by atoms with Gasteiger partial charge in [0.05, 0.1) is 5.56 Å². The molecule has 0 spiro atoms. The van der Waals surface area contributed by atoms with Crippen molar-refractivity contribution in [2.24, 2.45) is 0 Å². The Labute approximate surface area is 101 Å². The Morgan fingerprint density at radius 2 is 1.43 bits per heavy atom. The van der Waals surface area contributed by atoms with Crippen molar-refractivity contribution in [1.29, 1.82) is 0 Å². The first kappa shape index (κ1) is 14.4. The summed E-state index contributed by atoms with van der Waals surface area (Å²) in [6, 6.07) is 8.30. The second kappa shape index (κ2) is 6.79. The van der Waals surface area contributed by atoms with Crippen LogP contribution in [0.4, 0.5) is 0 Å². The van der Waals surface area contributed by atoms with E-state index in [9.17, 15) is 4.79 Å². The summed E-state index contributed by atoms with van der Waals surface area (Å²) in [6.07, 6.45) is 0. The number of carboxylic acid groups (broad SMARTS) is 1. The van der Waals surface area contributed by atoms with Crippen LogP contribution in [0.2, 0.25) is 0 Å². The predicted molar refractivity (Wildman–Crippen MR) is 62.6 cm³/mol. The Hall–Kier alpha value is 0.382.